The molecule has 0 bridgehead atoms. The smallest absolute Gasteiger partial charge is 0.126 e. The SMILES string of the molecule is COCCC(C)(C)CNc1cc(C)c(Br)cn1. The molecule has 0 aliphatic rings. The molecule has 0 aliphatic carbocycles. The van der Waals surface area contributed by atoms with Gasteiger partial charge in [-0.05, 0) is 46.3 Å². The number of nitrogens with zero attached hydrogens (tertiary/aromatic N) is 1. The van der Waals surface area contributed by atoms with Crippen molar-refractivity contribution < 1.29 is 4.74 Å². The van der Waals surface area contributed by atoms with E-state index in [1.165, 1.54) is 5.56 Å². The number of methoxy groups -OCH3 is 1. The van der Waals surface area contributed by atoms with Crippen molar-refractivity contribution in [3.05, 3.63) is 22.3 Å². The number of aryl methyl sites for hydroxylation is 1. The molecule has 0 spiro atoms. The molecular weight excluding hydrogens is 280 g/mol. The molecule has 0 amide bonds. The normalized spacial score (nSPS) is 11.6. The Kier molecular flexibility index (Phi) is 5.40. The molecule has 3 nitrogen and oxygen atoms in total. The van der Waals surface area contributed by atoms with Crippen LogP contribution in [0.4, 0.5) is 5.82 Å². The summed E-state index contributed by atoms with van der Waals surface area (Å²) in [5.74, 6) is 0.927. The maximum absolute atomic E-state index is 5.11. The molecule has 0 saturated heterocycles. The molecule has 0 aromatic carbocycles. The van der Waals surface area contributed by atoms with Crippen molar-refractivity contribution in [2.75, 3.05) is 25.6 Å². The molecule has 0 unspecified atom stereocenters. The fourth-order valence-electron chi connectivity index (χ4n) is 1.43. The number of anilines is 1. The summed E-state index contributed by atoms with van der Waals surface area (Å²) in [4.78, 5) is 4.33. The van der Waals surface area contributed by atoms with E-state index in [-0.39, 0.29) is 5.41 Å². The van der Waals surface area contributed by atoms with Gasteiger partial charge in [0.1, 0.15) is 5.82 Å². The molecular formula is C13H21BrN2O. The highest BCUT2D eigenvalue weighted by atomic mass is 79.9. The Morgan fingerprint density at radius 1 is 1.47 bits per heavy atom. The third-order valence-corrected chi connectivity index (χ3v) is 3.61. The van der Waals surface area contributed by atoms with E-state index in [1.54, 1.807) is 7.11 Å². The second-order valence-corrected chi connectivity index (χ2v) is 5.93. The zero-order chi connectivity index (χ0) is 12.9. The first-order valence-electron chi connectivity index (χ1n) is 5.79. The number of pyridine rings is 1. The number of rotatable bonds is 6. The van der Waals surface area contributed by atoms with Gasteiger partial charge in [-0.1, -0.05) is 13.8 Å². The topological polar surface area (TPSA) is 34.1 Å². The van der Waals surface area contributed by atoms with Crippen LogP contribution in [0.1, 0.15) is 25.8 Å². The third-order valence-electron chi connectivity index (χ3n) is 2.78. The molecule has 1 heterocycles. The fourth-order valence-corrected chi connectivity index (χ4v) is 1.65. The first-order valence-corrected chi connectivity index (χ1v) is 6.59. The van der Waals surface area contributed by atoms with Crippen LogP contribution in [0.15, 0.2) is 16.7 Å². The van der Waals surface area contributed by atoms with Crippen molar-refractivity contribution in [1.29, 1.82) is 0 Å². The van der Waals surface area contributed by atoms with E-state index < -0.39 is 0 Å². The van der Waals surface area contributed by atoms with Crippen LogP contribution in [0.25, 0.3) is 0 Å². The molecule has 0 radical (unpaired) electrons. The highest BCUT2D eigenvalue weighted by Crippen LogP contribution is 2.22. The van der Waals surface area contributed by atoms with Crippen molar-refractivity contribution in [2.24, 2.45) is 5.41 Å². The summed E-state index contributed by atoms with van der Waals surface area (Å²) in [6, 6.07) is 2.05. The lowest BCUT2D eigenvalue weighted by Gasteiger charge is -2.24. The number of aromatic nitrogens is 1. The maximum atomic E-state index is 5.11. The fraction of sp³-hybridized carbons (Fsp3) is 0.615. The zero-order valence-electron chi connectivity index (χ0n) is 11.0. The number of ether oxygens (including phenoxy) is 1. The van der Waals surface area contributed by atoms with E-state index in [1.807, 2.05) is 6.20 Å². The lowest BCUT2D eigenvalue weighted by atomic mass is 9.90. The van der Waals surface area contributed by atoms with Gasteiger partial charge in [-0.25, -0.2) is 4.98 Å². The Morgan fingerprint density at radius 3 is 2.76 bits per heavy atom. The van der Waals surface area contributed by atoms with E-state index in [0.717, 1.165) is 29.9 Å². The monoisotopic (exact) mass is 300 g/mol. The molecule has 96 valence electrons. The van der Waals surface area contributed by atoms with E-state index in [4.69, 9.17) is 4.74 Å². The third kappa shape index (κ3) is 5.04. The van der Waals surface area contributed by atoms with E-state index >= 15 is 0 Å². The molecule has 1 aromatic rings. The molecule has 4 heteroatoms. The van der Waals surface area contributed by atoms with Crippen LogP contribution in [0.5, 0.6) is 0 Å². The van der Waals surface area contributed by atoms with Gasteiger partial charge in [0, 0.05) is 30.9 Å². The van der Waals surface area contributed by atoms with Gasteiger partial charge in [0.2, 0.25) is 0 Å². The van der Waals surface area contributed by atoms with Gasteiger partial charge >= 0.3 is 0 Å². The van der Waals surface area contributed by atoms with Crippen molar-refractivity contribution in [3.63, 3.8) is 0 Å². The number of hydrogen-bond acceptors (Lipinski definition) is 3. The van der Waals surface area contributed by atoms with Crippen molar-refractivity contribution in [1.82, 2.24) is 4.98 Å². The van der Waals surface area contributed by atoms with Gasteiger partial charge in [0.05, 0.1) is 0 Å². The highest BCUT2D eigenvalue weighted by molar-refractivity contribution is 9.10. The first kappa shape index (κ1) is 14.5. The predicted molar refractivity (Wildman–Crippen MR) is 75.4 cm³/mol. The minimum absolute atomic E-state index is 0.207. The lowest BCUT2D eigenvalue weighted by molar-refractivity contribution is 0.157. The van der Waals surface area contributed by atoms with E-state index in [9.17, 15) is 0 Å². The Balaban J connectivity index is 2.51. The Morgan fingerprint density at radius 2 is 2.18 bits per heavy atom. The number of halogens is 1. The van der Waals surface area contributed by atoms with Gasteiger partial charge in [0.25, 0.3) is 0 Å². The van der Waals surface area contributed by atoms with Crippen LogP contribution in [0.2, 0.25) is 0 Å². The molecule has 1 aromatic heterocycles. The van der Waals surface area contributed by atoms with Crippen LogP contribution in [0.3, 0.4) is 0 Å². The quantitative estimate of drug-likeness (QED) is 0.871. The van der Waals surface area contributed by atoms with E-state index in [2.05, 4.69) is 53.1 Å². The van der Waals surface area contributed by atoms with Crippen LogP contribution >= 0.6 is 15.9 Å². The summed E-state index contributed by atoms with van der Waals surface area (Å²) in [5, 5.41) is 3.37. The van der Waals surface area contributed by atoms with Crippen LogP contribution < -0.4 is 5.32 Å². The molecule has 0 aliphatic heterocycles. The summed E-state index contributed by atoms with van der Waals surface area (Å²) < 4.78 is 6.16. The van der Waals surface area contributed by atoms with Crippen molar-refractivity contribution in [3.8, 4) is 0 Å². The molecule has 17 heavy (non-hydrogen) atoms. The Labute approximate surface area is 112 Å². The standard InChI is InChI=1S/C13H21BrN2O/c1-10-7-12(15-8-11(10)14)16-9-13(2,3)5-6-17-4/h7-8H,5-6,9H2,1-4H3,(H,15,16). The summed E-state index contributed by atoms with van der Waals surface area (Å²) >= 11 is 3.45. The lowest BCUT2D eigenvalue weighted by Crippen LogP contribution is -2.25. The molecule has 0 fully saturated rings. The van der Waals surface area contributed by atoms with Crippen molar-refractivity contribution >= 4 is 21.7 Å². The van der Waals surface area contributed by atoms with Crippen LogP contribution in [-0.4, -0.2) is 25.2 Å². The van der Waals surface area contributed by atoms with Gasteiger partial charge in [0.15, 0.2) is 0 Å². The molecule has 1 N–H and O–H groups in total. The van der Waals surface area contributed by atoms with E-state index in [0.29, 0.717) is 0 Å². The number of nitrogens with one attached hydrogen (secondary N) is 1. The van der Waals surface area contributed by atoms with Gasteiger partial charge in [-0.3, -0.25) is 0 Å². The largest absolute Gasteiger partial charge is 0.385 e. The minimum Gasteiger partial charge on any atom is -0.385 e. The van der Waals surface area contributed by atoms with Gasteiger partial charge < -0.3 is 10.1 Å². The summed E-state index contributed by atoms with van der Waals surface area (Å²) in [6.07, 6.45) is 2.87. The van der Waals surface area contributed by atoms with Gasteiger partial charge in [-0.15, -0.1) is 0 Å². The Bertz CT molecular complexity index is 366. The highest BCUT2D eigenvalue weighted by Gasteiger charge is 2.17. The van der Waals surface area contributed by atoms with Gasteiger partial charge in [-0.2, -0.15) is 0 Å². The second kappa shape index (κ2) is 6.36. The molecule has 0 atom stereocenters. The average molecular weight is 301 g/mol. The minimum atomic E-state index is 0.207. The summed E-state index contributed by atoms with van der Waals surface area (Å²) in [7, 11) is 1.74. The second-order valence-electron chi connectivity index (χ2n) is 5.08. The zero-order valence-corrected chi connectivity index (χ0v) is 12.6. The van der Waals surface area contributed by atoms with Crippen LogP contribution in [-0.2, 0) is 4.74 Å². The maximum Gasteiger partial charge on any atom is 0.126 e. The molecule has 0 saturated carbocycles. The number of hydrogen-bond donors (Lipinski definition) is 1. The summed E-state index contributed by atoms with van der Waals surface area (Å²) in [5.41, 5.74) is 1.40. The Hall–Kier alpha value is -0.610. The van der Waals surface area contributed by atoms with Crippen LogP contribution in [0, 0.1) is 12.3 Å². The predicted octanol–water partition coefficient (Wildman–Crippen LogP) is 3.63. The summed E-state index contributed by atoms with van der Waals surface area (Å²) in [6.45, 7) is 8.20. The average Bonchev–Trinajstić information content (AvgIpc) is 2.28. The van der Waals surface area contributed by atoms with Crippen molar-refractivity contribution in [2.45, 2.75) is 27.2 Å². The molecule has 1 rings (SSSR count). The first-order chi connectivity index (χ1) is 7.94.